The molecule has 1 N–H and O–H groups in total. The number of hydrogen-bond acceptors (Lipinski definition) is 5. The number of imidazole rings is 1. The van der Waals surface area contributed by atoms with Crippen LogP contribution in [0, 0.1) is 5.92 Å². The number of hydrogen-bond donors (Lipinski definition) is 1. The third-order valence-electron chi connectivity index (χ3n) is 9.25. The summed E-state index contributed by atoms with van der Waals surface area (Å²) in [6, 6.07) is 29.0. The summed E-state index contributed by atoms with van der Waals surface area (Å²) < 4.78 is 35.8. The molecule has 2 aliphatic rings. The van der Waals surface area contributed by atoms with Crippen molar-refractivity contribution in [3.63, 3.8) is 0 Å². The van der Waals surface area contributed by atoms with Crippen LogP contribution in [0.15, 0.2) is 97.2 Å². The number of anilines is 1. The summed E-state index contributed by atoms with van der Waals surface area (Å²) in [4.78, 5) is 16.7. The quantitative estimate of drug-likeness (QED) is 0.156. The summed E-state index contributed by atoms with van der Waals surface area (Å²) in [7, 11) is -3.91. The first kappa shape index (κ1) is 33.2. The van der Waals surface area contributed by atoms with E-state index >= 15 is 0 Å². The van der Waals surface area contributed by atoms with Crippen LogP contribution < -0.4 is 13.8 Å². The number of nitrogens with zero attached hydrogens (tertiary/aromatic N) is 3. The molecule has 252 valence electrons. The Hall–Kier alpha value is -4.31. The van der Waals surface area contributed by atoms with Gasteiger partial charge in [-0.25, -0.2) is 14.0 Å². The van der Waals surface area contributed by atoms with Gasteiger partial charge in [0.25, 0.3) is 5.91 Å². The fourth-order valence-corrected chi connectivity index (χ4v) is 8.26. The molecule has 0 radical (unpaired) electrons. The minimum atomic E-state index is -3.91. The number of rotatable bonds is 10. The normalized spacial score (nSPS) is 16.1. The number of ether oxygens (including phenoxy) is 1. The highest BCUT2D eigenvalue weighted by atomic mass is 35.5. The lowest BCUT2D eigenvalue weighted by molar-refractivity contribution is -0.117. The summed E-state index contributed by atoms with van der Waals surface area (Å²) in [6.45, 7) is 0.509. The Balaban J connectivity index is 1.10. The third-order valence-corrected chi connectivity index (χ3v) is 11.2. The number of carbonyl (C=O) groups is 1. The van der Waals surface area contributed by atoms with Gasteiger partial charge in [0.1, 0.15) is 18.1 Å². The van der Waals surface area contributed by atoms with Crippen LogP contribution >= 0.6 is 23.2 Å². The molecule has 1 saturated carbocycles. The van der Waals surface area contributed by atoms with Gasteiger partial charge in [0.15, 0.2) is 0 Å². The molecule has 2 heterocycles. The Labute approximate surface area is 296 Å². The zero-order valence-corrected chi connectivity index (χ0v) is 29.1. The van der Waals surface area contributed by atoms with Crippen LogP contribution in [0.2, 0.25) is 10.0 Å². The number of benzene rings is 4. The van der Waals surface area contributed by atoms with Crippen molar-refractivity contribution in [1.82, 2.24) is 14.3 Å². The smallest absolute Gasteiger partial charge is 0.326 e. The number of nitrogens with one attached hydrogen (secondary N) is 1. The van der Waals surface area contributed by atoms with E-state index in [9.17, 15) is 13.2 Å². The van der Waals surface area contributed by atoms with E-state index in [2.05, 4.69) is 36.4 Å². The fraction of sp³-hybridized carbons (Fsp3) is 0.263. The van der Waals surface area contributed by atoms with E-state index in [0.29, 0.717) is 27.8 Å². The van der Waals surface area contributed by atoms with Crippen LogP contribution in [0.1, 0.15) is 49.9 Å². The highest BCUT2D eigenvalue weighted by Gasteiger charge is 2.34. The van der Waals surface area contributed by atoms with Gasteiger partial charge >= 0.3 is 10.2 Å². The minimum absolute atomic E-state index is 0.258. The largest absolute Gasteiger partial charge is 0.494 e. The average Bonchev–Trinajstić information content (AvgIpc) is 3.64. The lowest BCUT2D eigenvalue weighted by Gasteiger charge is -2.21. The van der Waals surface area contributed by atoms with Gasteiger partial charge in [-0.2, -0.15) is 8.42 Å². The topological polar surface area (TPSA) is 93.5 Å². The standard InChI is InChI=1S/C38H36Cl2N4O4S/c39-30-12-19-34(35(40)23-30)36-24-43(31-13-15-32(16-14-31)44-25-38(45)42-49(44,46)47)37(41-36)22-27-6-8-28(9-7-27)29-10-17-33(18-11-29)48-21-20-26-4-2-1-3-5-26/h6-19,23-24,26H,1-5,20-22,25H2,(H,42,45). The molecule has 8 nitrogen and oxygen atoms in total. The van der Waals surface area contributed by atoms with Gasteiger partial charge < -0.3 is 9.30 Å². The molecule has 11 heteroatoms. The van der Waals surface area contributed by atoms with Crippen LogP contribution in [0.4, 0.5) is 5.69 Å². The van der Waals surface area contributed by atoms with Gasteiger partial charge in [-0.05, 0) is 83.6 Å². The summed E-state index contributed by atoms with van der Waals surface area (Å²) in [5.41, 5.74) is 5.87. The van der Waals surface area contributed by atoms with Gasteiger partial charge in [-0.15, -0.1) is 0 Å². The molecule has 1 aliphatic carbocycles. The van der Waals surface area contributed by atoms with Crippen LogP contribution in [-0.4, -0.2) is 37.0 Å². The summed E-state index contributed by atoms with van der Waals surface area (Å²) in [6.07, 6.45) is 10.3. The Bertz CT molecular complexity index is 2060. The average molecular weight is 716 g/mol. The summed E-state index contributed by atoms with van der Waals surface area (Å²) in [5, 5.41) is 1.02. The summed E-state index contributed by atoms with van der Waals surface area (Å²) >= 11 is 12.7. The Morgan fingerprint density at radius 3 is 2.16 bits per heavy atom. The molecule has 49 heavy (non-hydrogen) atoms. The molecule has 0 unspecified atom stereocenters. The minimum Gasteiger partial charge on any atom is -0.494 e. The molecule has 7 rings (SSSR count). The number of carbonyl (C=O) groups excluding carboxylic acids is 1. The van der Waals surface area contributed by atoms with Gasteiger partial charge in [-0.3, -0.25) is 4.79 Å². The number of amides is 1. The zero-order chi connectivity index (χ0) is 34.0. The van der Waals surface area contributed by atoms with Crippen LogP contribution in [-0.2, 0) is 21.4 Å². The number of halogens is 2. The van der Waals surface area contributed by atoms with E-state index in [4.69, 9.17) is 32.9 Å². The van der Waals surface area contributed by atoms with Gasteiger partial charge in [0, 0.05) is 28.9 Å². The van der Waals surface area contributed by atoms with Crippen LogP contribution in [0.3, 0.4) is 0 Å². The molecule has 0 bridgehead atoms. The molecular weight excluding hydrogens is 679 g/mol. The molecule has 4 aromatic carbocycles. The van der Waals surface area contributed by atoms with Crippen molar-refractivity contribution in [2.75, 3.05) is 17.5 Å². The maximum absolute atomic E-state index is 12.4. The second-order valence-corrected chi connectivity index (χ2v) is 15.1. The molecule has 1 aliphatic heterocycles. The van der Waals surface area contributed by atoms with Crippen molar-refractivity contribution < 1.29 is 17.9 Å². The monoisotopic (exact) mass is 714 g/mol. The lowest BCUT2D eigenvalue weighted by atomic mass is 9.87. The maximum atomic E-state index is 12.4. The van der Waals surface area contributed by atoms with Crippen LogP contribution in [0.25, 0.3) is 28.1 Å². The van der Waals surface area contributed by atoms with E-state index < -0.39 is 16.1 Å². The van der Waals surface area contributed by atoms with Crippen molar-refractivity contribution in [3.8, 4) is 33.8 Å². The predicted octanol–water partition coefficient (Wildman–Crippen LogP) is 8.63. The molecule has 2 fully saturated rings. The van der Waals surface area contributed by atoms with E-state index in [-0.39, 0.29) is 6.54 Å². The Kier molecular flexibility index (Phi) is 9.67. The van der Waals surface area contributed by atoms with E-state index in [1.165, 1.54) is 32.1 Å². The molecule has 0 atom stereocenters. The molecule has 0 spiro atoms. The maximum Gasteiger partial charge on any atom is 0.326 e. The fourth-order valence-electron chi connectivity index (χ4n) is 6.61. The first-order valence-corrected chi connectivity index (χ1v) is 18.7. The molecule has 1 aromatic heterocycles. The van der Waals surface area contributed by atoms with Crippen molar-refractivity contribution >= 4 is 45.0 Å². The van der Waals surface area contributed by atoms with E-state index in [1.807, 2.05) is 33.7 Å². The zero-order valence-electron chi connectivity index (χ0n) is 26.8. The van der Waals surface area contributed by atoms with Crippen molar-refractivity contribution in [3.05, 3.63) is 119 Å². The van der Waals surface area contributed by atoms with Crippen molar-refractivity contribution in [2.24, 2.45) is 5.92 Å². The van der Waals surface area contributed by atoms with E-state index in [1.54, 1.807) is 36.4 Å². The van der Waals surface area contributed by atoms with Crippen molar-refractivity contribution in [1.29, 1.82) is 0 Å². The van der Waals surface area contributed by atoms with Gasteiger partial charge in [0.2, 0.25) is 0 Å². The highest BCUT2D eigenvalue weighted by molar-refractivity contribution is 7.92. The van der Waals surface area contributed by atoms with Gasteiger partial charge in [-0.1, -0.05) is 91.7 Å². The van der Waals surface area contributed by atoms with E-state index in [0.717, 1.165) is 62.8 Å². The molecular formula is C38H36Cl2N4O4S. The SMILES string of the molecule is O=C1CN(c2ccc(-n3cc(-c4ccc(Cl)cc4Cl)nc3Cc3ccc(-c4ccc(OCCC5CCCCC5)cc4)cc3)cc2)S(=O)(=O)N1. The molecule has 1 saturated heterocycles. The third kappa shape index (κ3) is 7.64. The predicted molar refractivity (Wildman–Crippen MR) is 195 cm³/mol. The first-order valence-electron chi connectivity index (χ1n) is 16.5. The Morgan fingerprint density at radius 2 is 1.51 bits per heavy atom. The highest BCUT2D eigenvalue weighted by Crippen LogP contribution is 2.33. The second kappa shape index (κ2) is 14.3. The van der Waals surface area contributed by atoms with Crippen LogP contribution in [0.5, 0.6) is 5.75 Å². The second-order valence-electron chi connectivity index (χ2n) is 12.6. The van der Waals surface area contributed by atoms with Crippen molar-refractivity contribution in [2.45, 2.75) is 44.9 Å². The molecule has 1 amide bonds. The Morgan fingerprint density at radius 1 is 0.837 bits per heavy atom. The number of aromatic nitrogens is 2. The summed E-state index contributed by atoms with van der Waals surface area (Å²) in [5.74, 6) is 1.91. The molecule has 5 aromatic rings. The lowest BCUT2D eigenvalue weighted by Crippen LogP contribution is -2.29. The first-order chi connectivity index (χ1) is 23.7. The van der Waals surface area contributed by atoms with Gasteiger partial charge in [0.05, 0.1) is 23.0 Å².